The Bertz CT molecular complexity index is 2770. The van der Waals surface area contributed by atoms with Crippen molar-refractivity contribution < 1.29 is 0 Å². The lowest BCUT2D eigenvalue weighted by molar-refractivity contribution is 0.634. The Kier molecular flexibility index (Phi) is 7.68. The highest BCUT2D eigenvalue weighted by molar-refractivity contribution is 7.25. The van der Waals surface area contributed by atoms with E-state index in [-0.39, 0.29) is 5.41 Å². The highest BCUT2D eigenvalue weighted by Crippen LogP contribution is 2.54. The van der Waals surface area contributed by atoms with E-state index < -0.39 is 8.07 Å². The topological polar surface area (TPSA) is 29.0 Å². The summed E-state index contributed by atoms with van der Waals surface area (Å²) in [5.74, 6) is 0.996. The van der Waals surface area contributed by atoms with Crippen LogP contribution in [0.1, 0.15) is 25.0 Å². The first kappa shape index (κ1) is 32.5. The van der Waals surface area contributed by atoms with E-state index in [2.05, 4.69) is 195 Å². The van der Waals surface area contributed by atoms with Crippen molar-refractivity contribution in [2.75, 3.05) is 4.90 Å². The molecule has 0 fully saturated rings. The fourth-order valence-electron chi connectivity index (χ4n) is 8.88. The van der Waals surface area contributed by atoms with Crippen molar-refractivity contribution in [1.82, 2.24) is 9.97 Å². The van der Waals surface area contributed by atoms with Crippen molar-refractivity contribution in [1.29, 1.82) is 0 Å². The fourth-order valence-corrected chi connectivity index (χ4v) is 14.8. The molecule has 0 radical (unpaired) electrons. The molecule has 10 rings (SSSR count). The molecule has 258 valence electrons. The van der Waals surface area contributed by atoms with Crippen LogP contribution in [0, 0.1) is 0 Å². The molecule has 0 bridgehead atoms. The van der Waals surface area contributed by atoms with Crippen LogP contribution in [0.15, 0.2) is 188 Å². The molecule has 9 aromatic rings. The largest absolute Gasteiger partial charge is 0.294 e. The molecule has 0 N–H and O–H groups in total. The van der Waals surface area contributed by atoms with Gasteiger partial charge in [-0.2, -0.15) is 0 Å². The third-order valence-electron chi connectivity index (χ3n) is 11.3. The SMILES string of the molecule is CC1(C)c2ccccc2N(c2cccc([Si](c3ccccc3)(c3ccccc3)c3cccc(-c4ccccn4)c3)c2)c2ncc3sc4ccccc4c3c21. The average Bonchev–Trinajstić information content (AvgIpc) is 3.61. The summed E-state index contributed by atoms with van der Waals surface area (Å²) in [6.45, 7) is 4.73. The lowest BCUT2D eigenvalue weighted by Gasteiger charge is -2.42. The van der Waals surface area contributed by atoms with Gasteiger partial charge in [0, 0.05) is 50.1 Å². The minimum atomic E-state index is -2.91. The Morgan fingerprint density at radius 1 is 0.556 bits per heavy atom. The number of benzene rings is 6. The van der Waals surface area contributed by atoms with Crippen molar-refractivity contribution in [3.05, 3.63) is 199 Å². The predicted molar refractivity (Wildman–Crippen MR) is 231 cm³/mol. The summed E-state index contributed by atoms with van der Waals surface area (Å²) in [5, 5.41) is 7.88. The lowest BCUT2D eigenvalue weighted by atomic mass is 9.73. The zero-order valence-electron chi connectivity index (χ0n) is 30.1. The molecular weight excluding hydrogens is 691 g/mol. The molecule has 0 aliphatic carbocycles. The van der Waals surface area contributed by atoms with Gasteiger partial charge in [0.1, 0.15) is 5.82 Å². The van der Waals surface area contributed by atoms with Gasteiger partial charge in [0.15, 0.2) is 8.07 Å². The molecule has 1 aliphatic rings. The van der Waals surface area contributed by atoms with E-state index in [1.165, 1.54) is 57.7 Å². The fraction of sp³-hybridized carbons (Fsp3) is 0.0612. The molecule has 0 amide bonds. The average molecular weight is 728 g/mol. The number of hydrogen-bond donors (Lipinski definition) is 0. The minimum absolute atomic E-state index is 0.269. The number of hydrogen-bond acceptors (Lipinski definition) is 4. The second-order valence-corrected chi connectivity index (χ2v) is 19.5. The number of rotatable bonds is 6. The van der Waals surface area contributed by atoms with Crippen molar-refractivity contribution in [3.63, 3.8) is 0 Å². The molecule has 1 aliphatic heterocycles. The van der Waals surface area contributed by atoms with Crippen molar-refractivity contribution in [2.24, 2.45) is 0 Å². The maximum Gasteiger partial charge on any atom is 0.179 e. The van der Waals surface area contributed by atoms with Crippen LogP contribution in [0.2, 0.25) is 0 Å². The van der Waals surface area contributed by atoms with Gasteiger partial charge in [-0.15, -0.1) is 11.3 Å². The van der Waals surface area contributed by atoms with Crippen LogP contribution in [0.5, 0.6) is 0 Å². The Morgan fingerprint density at radius 3 is 1.96 bits per heavy atom. The van der Waals surface area contributed by atoms with Gasteiger partial charge in [-0.25, -0.2) is 4.98 Å². The Balaban J connectivity index is 1.27. The summed E-state index contributed by atoms with van der Waals surface area (Å²) in [7, 11) is -2.91. The predicted octanol–water partition coefficient (Wildman–Crippen LogP) is 10.00. The van der Waals surface area contributed by atoms with E-state index in [1.54, 1.807) is 0 Å². The number of anilines is 3. The van der Waals surface area contributed by atoms with Gasteiger partial charge in [-0.3, -0.25) is 9.88 Å². The van der Waals surface area contributed by atoms with Gasteiger partial charge in [0.25, 0.3) is 0 Å². The van der Waals surface area contributed by atoms with Gasteiger partial charge >= 0.3 is 0 Å². The van der Waals surface area contributed by atoms with Crippen LogP contribution in [-0.4, -0.2) is 18.0 Å². The van der Waals surface area contributed by atoms with E-state index in [9.17, 15) is 0 Å². The minimum Gasteiger partial charge on any atom is -0.294 e. The van der Waals surface area contributed by atoms with Crippen LogP contribution < -0.4 is 25.6 Å². The van der Waals surface area contributed by atoms with E-state index in [0.29, 0.717) is 0 Å². The standard InChI is InChI=1S/C49H37N3SSi/c1-49(2)41-26-10-11-28-43(41)52(48-47(49)46-40-25-9-12-29-44(40)53-45(46)33-51-48)35-18-16-24-39(32-35)54(36-19-5-3-6-20-36,37-21-7-4-8-22-37)38-23-15-17-34(31-38)42-27-13-14-30-50-42/h3-33H,1-2H3. The van der Waals surface area contributed by atoms with Crippen LogP contribution in [-0.2, 0) is 5.41 Å². The third kappa shape index (κ3) is 4.93. The monoisotopic (exact) mass is 727 g/mol. The summed E-state index contributed by atoms with van der Waals surface area (Å²) in [6, 6.07) is 64.6. The first-order valence-electron chi connectivity index (χ1n) is 18.5. The maximum absolute atomic E-state index is 5.35. The number of thiophene rings is 1. The molecule has 0 spiro atoms. The van der Waals surface area contributed by atoms with Gasteiger partial charge in [0.05, 0.1) is 16.1 Å². The Labute approximate surface area is 320 Å². The first-order valence-corrected chi connectivity index (χ1v) is 21.3. The third-order valence-corrected chi connectivity index (χ3v) is 17.1. The molecule has 0 saturated heterocycles. The zero-order valence-corrected chi connectivity index (χ0v) is 32.0. The smallest absolute Gasteiger partial charge is 0.179 e. The number of fused-ring (bicyclic) bond motifs is 6. The highest BCUT2D eigenvalue weighted by atomic mass is 32.1. The molecule has 0 saturated carbocycles. The molecule has 6 aromatic carbocycles. The summed E-state index contributed by atoms with van der Waals surface area (Å²) in [4.78, 5) is 12.5. The number of nitrogens with zero attached hydrogens (tertiary/aromatic N) is 3. The van der Waals surface area contributed by atoms with Crippen LogP contribution in [0.3, 0.4) is 0 Å². The van der Waals surface area contributed by atoms with Crippen LogP contribution in [0.4, 0.5) is 17.2 Å². The second kappa shape index (κ2) is 12.8. The van der Waals surface area contributed by atoms with Gasteiger partial charge in [-0.1, -0.05) is 153 Å². The van der Waals surface area contributed by atoms with Crippen LogP contribution >= 0.6 is 11.3 Å². The van der Waals surface area contributed by atoms with Crippen LogP contribution in [0.25, 0.3) is 31.4 Å². The van der Waals surface area contributed by atoms with Crippen molar-refractivity contribution in [3.8, 4) is 11.3 Å². The summed E-state index contributed by atoms with van der Waals surface area (Å²) < 4.78 is 2.52. The molecule has 0 unspecified atom stereocenters. The molecule has 5 heteroatoms. The first-order chi connectivity index (χ1) is 26.5. The summed E-state index contributed by atoms with van der Waals surface area (Å²) in [6.07, 6.45) is 3.97. The zero-order chi connectivity index (χ0) is 36.3. The molecular formula is C49H37N3SSi. The maximum atomic E-state index is 5.35. The molecule has 4 heterocycles. The Morgan fingerprint density at radius 2 is 1.20 bits per heavy atom. The molecule has 54 heavy (non-hydrogen) atoms. The van der Waals surface area contributed by atoms with Gasteiger partial charge in [-0.05, 0) is 62.7 Å². The van der Waals surface area contributed by atoms with Gasteiger partial charge in [0.2, 0.25) is 0 Å². The highest BCUT2D eigenvalue weighted by Gasteiger charge is 2.43. The van der Waals surface area contributed by atoms with E-state index >= 15 is 0 Å². The van der Waals surface area contributed by atoms with E-state index in [0.717, 1.165) is 22.8 Å². The van der Waals surface area contributed by atoms with Crippen molar-refractivity contribution in [2.45, 2.75) is 19.3 Å². The number of para-hydroxylation sites is 1. The summed E-state index contributed by atoms with van der Waals surface area (Å²) >= 11 is 1.83. The second-order valence-electron chi connectivity index (χ2n) is 14.6. The van der Waals surface area contributed by atoms with E-state index in [4.69, 9.17) is 9.97 Å². The molecule has 0 atom stereocenters. The lowest BCUT2D eigenvalue weighted by Crippen LogP contribution is -2.74. The quantitative estimate of drug-likeness (QED) is 0.126. The molecule has 3 aromatic heterocycles. The van der Waals surface area contributed by atoms with E-state index in [1.807, 2.05) is 23.6 Å². The molecule has 3 nitrogen and oxygen atoms in total. The summed E-state index contributed by atoms with van der Waals surface area (Å²) in [5.41, 5.74) is 6.67. The normalized spacial score (nSPS) is 13.5. The number of aromatic nitrogens is 2. The number of pyridine rings is 2. The Hall–Kier alpha value is -6.14. The van der Waals surface area contributed by atoms with Gasteiger partial charge < -0.3 is 0 Å². The van der Waals surface area contributed by atoms with Crippen molar-refractivity contribution >= 4 is 77.5 Å².